The molecule has 8 nitrogen and oxygen atoms in total. The van der Waals surface area contributed by atoms with Gasteiger partial charge in [-0.15, -0.1) is 0 Å². The van der Waals surface area contributed by atoms with E-state index in [4.69, 9.17) is 4.74 Å². The summed E-state index contributed by atoms with van der Waals surface area (Å²) in [6.45, 7) is 7.53. The van der Waals surface area contributed by atoms with E-state index in [0.29, 0.717) is 18.0 Å². The van der Waals surface area contributed by atoms with Gasteiger partial charge in [0, 0.05) is 13.1 Å². The Balaban J connectivity index is 2.42. The average molecular weight is 504 g/mol. The molecule has 35 heavy (non-hydrogen) atoms. The Labute approximate surface area is 209 Å². The van der Waals surface area contributed by atoms with Crippen molar-refractivity contribution in [3.05, 3.63) is 59.2 Å². The van der Waals surface area contributed by atoms with Gasteiger partial charge in [0.2, 0.25) is 21.8 Å². The third-order valence-electron chi connectivity index (χ3n) is 5.85. The molecule has 2 amide bonds. The number of amides is 2. The highest BCUT2D eigenvalue weighted by Gasteiger charge is 2.31. The van der Waals surface area contributed by atoms with E-state index in [-0.39, 0.29) is 12.5 Å². The predicted molar refractivity (Wildman–Crippen MR) is 139 cm³/mol. The minimum absolute atomic E-state index is 0.128. The fourth-order valence-electron chi connectivity index (χ4n) is 3.86. The molecular formula is C26H37N3O5S. The van der Waals surface area contributed by atoms with Crippen LogP contribution in [0, 0.1) is 13.8 Å². The number of rotatable bonds is 12. The summed E-state index contributed by atoms with van der Waals surface area (Å²) in [6, 6.07) is 11.9. The number of hydrogen-bond acceptors (Lipinski definition) is 5. The molecule has 2 aromatic carbocycles. The molecule has 0 aliphatic heterocycles. The maximum atomic E-state index is 13.6. The zero-order valence-electron chi connectivity index (χ0n) is 21.5. The normalized spacial score (nSPS) is 12.1. The van der Waals surface area contributed by atoms with Crippen LogP contribution in [0.25, 0.3) is 0 Å². The predicted octanol–water partition coefficient (Wildman–Crippen LogP) is 3.41. The molecule has 1 atom stereocenters. The molecule has 0 bridgehead atoms. The van der Waals surface area contributed by atoms with Gasteiger partial charge in [-0.25, -0.2) is 8.42 Å². The van der Waals surface area contributed by atoms with E-state index in [1.54, 1.807) is 26.2 Å². The summed E-state index contributed by atoms with van der Waals surface area (Å²) in [6.07, 6.45) is 2.84. The SMILES string of the molecule is CCCCNC(=O)[C@H](C)N(Cc1cccc(OC)c1)C(=O)CN(c1c(C)cccc1C)S(C)(=O)=O. The summed E-state index contributed by atoms with van der Waals surface area (Å²) in [7, 11) is -2.22. The van der Waals surface area contributed by atoms with Gasteiger partial charge in [0.15, 0.2) is 0 Å². The van der Waals surface area contributed by atoms with Gasteiger partial charge >= 0.3 is 0 Å². The molecule has 0 aliphatic rings. The lowest BCUT2D eigenvalue weighted by Crippen LogP contribution is -2.51. The lowest BCUT2D eigenvalue weighted by Gasteiger charge is -2.32. The van der Waals surface area contributed by atoms with Crippen molar-refractivity contribution in [2.24, 2.45) is 0 Å². The van der Waals surface area contributed by atoms with Crippen molar-refractivity contribution in [1.82, 2.24) is 10.2 Å². The number of para-hydroxylation sites is 1. The summed E-state index contributed by atoms with van der Waals surface area (Å²) in [5.74, 6) is -0.130. The Morgan fingerprint density at radius 3 is 2.29 bits per heavy atom. The molecule has 9 heteroatoms. The number of aryl methyl sites for hydroxylation is 2. The van der Waals surface area contributed by atoms with Crippen molar-refractivity contribution in [1.29, 1.82) is 0 Å². The Morgan fingerprint density at radius 1 is 1.09 bits per heavy atom. The second-order valence-corrected chi connectivity index (χ2v) is 10.6. The maximum absolute atomic E-state index is 13.6. The van der Waals surface area contributed by atoms with Gasteiger partial charge in [-0.05, 0) is 56.0 Å². The highest BCUT2D eigenvalue weighted by atomic mass is 32.2. The molecule has 2 rings (SSSR count). The molecule has 0 saturated heterocycles. The van der Waals surface area contributed by atoms with Crippen LogP contribution >= 0.6 is 0 Å². The molecule has 1 N–H and O–H groups in total. The summed E-state index contributed by atoms with van der Waals surface area (Å²) >= 11 is 0. The Kier molecular flexibility index (Phi) is 10.1. The van der Waals surface area contributed by atoms with Crippen LogP contribution in [0.5, 0.6) is 5.75 Å². The fraction of sp³-hybridized carbons (Fsp3) is 0.462. The minimum atomic E-state index is -3.77. The number of methoxy groups -OCH3 is 1. The average Bonchev–Trinajstić information content (AvgIpc) is 2.80. The van der Waals surface area contributed by atoms with E-state index in [9.17, 15) is 18.0 Å². The van der Waals surface area contributed by atoms with Crippen molar-refractivity contribution in [2.45, 2.75) is 53.1 Å². The highest BCUT2D eigenvalue weighted by molar-refractivity contribution is 7.92. The molecule has 2 aromatic rings. The molecular weight excluding hydrogens is 466 g/mol. The molecule has 0 heterocycles. The van der Waals surface area contributed by atoms with Crippen molar-refractivity contribution in [2.75, 3.05) is 30.8 Å². The van der Waals surface area contributed by atoms with E-state index in [1.165, 1.54) is 4.90 Å². The number of anilines is 1. The first kappa shape index (κ1) is 28.2. The zero-order chi connectivity index (χ0) is 26.2. The van der Waals surface area contributed by atoms with Crippen molar-refractivity contribution in [3.63, 3.8) is 0 Å². The van der Waals surface area contributed by atoms with Crippen LogP contribution in [0.1, 0.15) is 43.4 Å². The summed E-state index contributed by atoms with van der Waals surface area (Å²) in [5, 5.41) is 2.87. The number of benzene rings is 2. The number of carbonyl (C=O) groups excluding carboxylic acids is 2. The Bertz CT molecular complexity index is 1110. The highest BCUT2D eigenvalue weighted by Crippen LogP contribution is 2.27. The van der Waals surface area contributed by atoms with Crippen LogP contribution in [0.4, 0.5) is 5.69 Å². The first-order chi connectivity index (χ1) is 16.5. The van der Waals surface area contributed by atoms with E-state index >= 15 is 0 Å². The monoisotopic (exact) mass is 503 g/mol. The van der Waals surface area contributed by atoms with Crippen LogP contribution in [-0.4, -0.2) is 57.6 Å². The smallest absolute Gasteiger partial charge is 0.244 e. The minimum Gasteiger partial charge on any atom is -0.497 e. The number of unbranched alkanes of at least 4 members (excludes halogenated alkanes) is 1. The summed E-state index contributed by atoms with van der Waals surface area (Å²) in [5.41, 5.74) is 2.73. The molecule has 0 fully saturated rings. The second kappa shape index (κ2) is 12.6. The molecule has 0 spiro atoms. The van der Waals surface area contributed by atoms with Crippen LogP contribution in [0.3, 0.4) is 0 Å². The van der Waals surface area contributed by atoms with E-state index in [2.05, 4.69) is 5.32 Å². The first-order valence-electron chi connectivity index (χ1n) is 11.7. The van der Waals surface area contributed by atoms with Gasteiger partial charge in [0.05, 0.1) is 19.1 Å². The van der Waals surface area contributed by atoms with E-state index in [1.807, 2.05) is 51.1 Å². The van der Waals surface area contributed by atoms with Gasteiger partial charge in [-0.1, -0.05) is 43.7 Å². The van der Waals surface area contributed by atoms with Crippen LogP contribution in [0.2, 0.25) is 0 Å². The topological polar surface area (TPSA) is 96.0 Å². The standard InChI is InChI=1S/C26H37N3O5S/c1-7-8-15-27-26(31)21(4)28(17-22-13-10-14-23(16-22)34-5)24(30)18-29(35(6,32)33)25-19(2)11-9-12-20(25)3/h9-14,16,21H,7-8,15,17-18H2,1-6H3,(H,27,31)/t21-/m0/s1. The molecule has 0 aliphatic carbocycles. The number of nitrogens with zero attached hydrogens (tertiary/aromatic N) is 2. The summed E-state index contributed by atoms with van der Waals surface area (Å²) in [4.78, 5) is 27.9. The van der Waals surface area contributed by atoms with Gasteiger partial charge in [0.25, 0.3) is 0 Å². The quantitative estimate of drug-likeness (QED) is 0.448. The van der Waals surface area contributed by atoms with Crippen LogP contribution in [-0.2, 0) is 26.2 Å². The lowest BCUT2D eigenvalue weighted by atomic mass is 10.1. The zero-order valence-corrected chi connectivity index (χ0v) is 22.3. The van der Waals surface area contributed by atoms with Crippen LogP contribution < -0.4 is 14.4 Å². The van der Waals surface area contributed by atoms with Crippen molar-refractivity contribution in [3.8, 4) is 5.75 Å². The van der Waals surface area contributed by atoms with Gasteiger partial charge in [-0.3, -0.25) is 13.9 Å². The third-order valence-corrected chi connectivity index (χ3v) is 6.96. The molecule has 192 valence electrons. The molecule has 0 saturated carbocycles. The molecule has 0 aromatic heterocycles. The van der Waals surface area contributed by atoms with Gasteiger partial charge < -0.3 is 15.0 Å². The lowest BCUT2D eigenvalue weighted by molar-refractivity contribution is -0.139. The van der Waals surface area contributed by atoms with Crippen molar-refractivity contribution >= 4 is 27.5 Å². The number of sulfonamides is 1. The second-order valence-electron chi connectivity index (χ2n) is 8.70. The van der Waals surface area contributed by atoms with Gasteiger partial charge in [-0.2, -0.15) is 0 Å². The number of ether oxygens (including phenoxy) is 1. The first-order valence-corrected chi connectivity index (χ1v) is 13.6. The van der Waals surface area contributed by atoms with Gasteiger partial charge in [0.1, 0.15) is 18.3 Å². The molecule has 0 radical (unpaired) electrons. The maximum Gasteiger partial charge on any atom is 0.244 e. The van der Waals surface area contributed by atoms with Crippen molar-refractivity contribution < 1.29 is 22.7 Å². The number of nitrogens with one attached hydrogen (secondary N) is 1. The largest absolute Gasteiger partial charge is 0.497 e. The fourth-order valence-corrected chi connectivity index (χ4v) is 4.83. The Morgan fingerprint density at radius 2 is 1.71 bits per heavy atom. The summed E-state index contributed by atoms with van der Waals surface area (Å²) < 4.78 is 32.0. The number of carbonyl (C=O) groups is 2. The van der Waals surface area contributed by atoms with E-state index < -0.39 is 28.5 Å². The third kappa shape index (κ3) is 7.71. The van der Waals surface area contributed by atoms with E-state index in [0.717, 1.165) is 40.1 Å². The van der Waals surface area contributed by atoms with Crippen LogP contribution in [0.15, 0.2) is 42.5 Å². The molecule has 0 unspecified atom stereocenters. The Hall–Kier alpha value is -3.07. The number of hydrogen-bond donors (Lipinski definition) is 1.